The molecule has 0 saturated heterocycles. The molecule has 0 spiro atoms. The molecule has 0 aromatic heterocycles. The van der Waals surface area contributed by atoms with E-state index >= 15 is 0 Å². The van der Waals surface area contributed by atoms with E-state index in [1.165, 1.54) is 0 Å². The van der Waals surface area contributed by atoms with Crippen LogP contribution in [0.3, 0.4) is 0 Å². The van der Waals surface area contributed by atoms with E-state index in [-0.39, 0.29) is 0 Å². The average molecular weight is 285 g/mol. The fourth-order valence-electron chi connectivity index (χ4n) is 2.06. The number of anilines is 1. The van der Waals surface area contributed by atoms with Gasteiger partial charge in [0, 0.05) is 12.1 Å². The van der Waals surface area contributed by atoms with Crippen molar-refractivity contribution in [3.8, 4) is 5.75 Å². The van der Waals surface area contributed by atoms with Gasteiger partial charge in [-0.25, -0.2) is 4.79 Å². The Bertz CT molecular complexity index is 566. The van der Waals surface area contributed by atoms with Crippen molar-refractivity contribution in [2.45, 2.75) is 19.4 Å². The third-order valence-electron chi connectivity index (χ3n) is 3.09. The molecule has 0 aliphatic carbocycles. The summed E-state index contributed by atoms with van der Waals surface area (Å²) in [5.74, 6) is -0.0723. The lowest BCUT2D eigenvalue weighted by Gasteiger charge is -2.16. The highest BCUT2D eigenvalue weighted by molar-refractivity contribution is 5.77. The van der Waals surface area contributed by atoms with E-state index < -0.39 is 12.0 Å². The average Bonchev–Trinajstić information content (AvgIpc) is 2.50. The summed E-state index contributed by atoms with van der Waals surface area (Å²) in [5.41, 5.74) is 1.75. The van der Waals surface area contributed by atoms with Gasteiger partial charge in [-0.05, 0) is 36.8 Å². The van der Waals surface area contributed by atoms with Crippen molar-refractivity contribution in [3.05, 3.63) is 60.2 Å². The highest BCUT2D eigenvalue weighted by atomic mass is 16.5. The predicted molar refractivity (Wildman–Crippen MR) is 82.8 cm³/mol. The minimum Gasteiger partial charge on any atom is -0.494 e. The smallest absolute Gasteiger partial charge is 0.326 e. The molecular weight excluding hydrogens is 266 g/mol. The Labute approximate surface area is 124 Å². The van der Waals surface area contributed by atoms with Gasteiger partial charge in [0.05, 0.1) is 6.61 Å². The summed E-state index contributed by atoms with van der Waals surface area (Å²) in [6.45, 7) is 2.55. The third-order valence-corrected chi connectivity index (χ3v) is 3.09. The molecule has 0 aliphatic rings. The van der Waals surface area contributed by atoms with Crippen LogP contribution in [0.4, 0.5) is 5.69 Å². The molecule has 2 aromatic carbocycles. The zero-order valence-corrected chi connectivity index (χ0v) is 12.0. The first-order valence-corrected chi connectivity index (χ1v) is 6.95. The Hall–Kier alpha value is -2.49. The molecule has 0 aliphatic heterocycles. The zero-order valence-electron chi connectivity index (χ0n) is 12.0. The third kappa shape index (κ3) is 4.53. The van der Waals surface area contributed by atoms with Crippen LogP contribution in [0, 0.1) is 0 Å². The lowest BCUT2D eigenvalue weighted by molar-refractivity contribution is -0.137. The second-order valence-electron chi connectivity index (χ2n) is 4.68. The summed E-state index contributed by atoms with van der Waals surface area (Å²) in [6.07, 6.45) is 0.413. The lowest BCUT2D eigenvalue weighted by Crippen LogP contribution is -2.31. The van der Waals surface area contributed by atoms with Crippen LogP contribution in [-0.2, 0) is 11.2 Å². The number of carboxylic acid groups (broad SMARTS) is 1. The van der Waals surface area contributed by atoms with E-state index in [9.17, 15) is 9.90 Å². The van der Waals surface area contributed by atoms with Crippen molar-refractivity contribution in [3.63, 3.8) is 0 Å². The molecule has 0 heterocycles. The molecule has 1 atom stereocenters. The summed E-state index contributed by atoms with van der Waals surface area (Å²) in [5, 5.41) is 12.4. The maximum atomic E-state index is 11.4. The van der Waals surface area contributed by atoms with E-state index in [0.717, 1.165) is 17.0 Å². The number of rotatable bonds is 7. The van der Waals surface area contributed by atoms with Crippen molar-refractivity contribution in [1.82, 2.24) is 0 Å². The van der Waals surface area contributed by atoms with Crippen LogP contribution in [0.1, 0.15) is 12.5 Å². The number of aliphatic carboxylic acids is 1. The lowest BCUT2D eigenvalue weighted by atomic mass is 10.1. The van der Waals surface area contributed by atoms with Crippen LogP contribution >= 0.6 is 0 Å². The van der Waals surface area contributed by atoms with Crippen LogP contribution in [0.5, 0.6) is 5.75 Å². The fraction of sp³-hybridized carbons (Fsp3) is 0.235. The topological polar surface area (TPSA) is 58.6 Å². The van der Waals surface area contributed by atoms with Gasteiger partial charge in [0.15, 0.2) is 0 Å². The molecule has 110 valence electrons. The normalized spacial score (nSPS) is 11.7. The molecule has 0 fully saturated rings. The number of carbonyl (C=O) groups is 1. The van der Waals surface area contributed by atoms with E-state index in [4.69, 9.17) is 4.74 Å². The molecule has 0 unspecified atom stereocenters. The van der Waals surface area contributed by atoms with Gasteiger partial charge in [0.2, 0.25) is 0 Å². The van der Waals surface area contributed by atoms with Crippen molar-refractivity contribution in [1.29, 1.82) is 0 Å². The van der Waals surface area contributed by atoms with Crippen LogP contribution in [0.25, 0.3) is 0 Å². The van der Waals surface area contributed by atoms with Crippen LogP contribution < -0.4 is 10.1 Å². The second kappa shape index (κ2) is 7.33. The first-order chi connectivity index (χ1) is 10.2. The summed E-state index contributed by atoms with van der Waals surface area (Å²) in [7, 11) is 0. The number of ether oxygens (including phenoxy) is 1. The molecule has 0 amide bonds. The molecule has 4 heteroatoms. The number of hydrogen-bond donors (Lipinski definition) is 2. The van der Waals surface area contributed by atoms with Crippen LogP contribution in [-0.4, -0.2) is 23.7 Å². The number of benzene rings is 2. The number of para-hydroxylation sites is 1. The summed E-state index contributed by atoms with van der Waals surface area (Å²) in [6, 6.07) is 16.2. The molecule has 0 radical (unpaired) electrons. The number of nitrogens with one attached hydrogen (secondary N) is 1. The van der Waals surface area contributed by atoms with Crippen LogP contribution in [0.15, 0.2) is 54.6 Å². The van der Waals surface area contributed by atoms with Gasteiger partial charge in [0.1, 0.15) is 11.8 Å². The first-order valence-electron chi connectivity index (χ1n) is 6.95. The highest BCUT2D eigenvalue weighted by Crippen LogP contribution is 2.15. The van der Waals surface area contributed by atoms with E-state index in [1.54, 1.807) is 0 Å². The number of carboxylic acids is 1. The molecule has 21 heavy (non-hydrogen) atoms. The van der Waals surface area contributed by atoms with Crippen molar-refractivity contribution in [2.75, 3.05) is 11.9 Å². The molecular formula is C17H19NO3. The standard InChI is InChI=1S/C17H19NO3/c1-2-21-15-10-8-13(9-11-15)12-16(17(19)20)18-14-6-4-3-5-7-14/h3-11,16,18H,2,12H2,1H3,(H,19,20)/t16-/m0/s1. The van der Waals surface area contributed by atoms with Crippen LogP contribution in [0.2, 0.25) is 0 Å². The minimum atomic E-state index is -0.868. The van der Waals surface area contributed by atoms with Crippen molar-refractivity contribution in [2.24, 2.45) is 0 Å². The number of hydrogen-bond acceptors (Lipinski definition) is 3. The largest absolute Gasteiger partial charge is 0.494 e. The molecule has 0 bridgehead atoms. The minimum absolute atomic E-state index is 0.413. The summed E-state index contributed by atoms with van der Waals surface area (Å²) in [4.78, 5) is 11.4. The Balaban J connectivity index is 2.04. The highest BCUT2D eigenvalue weighted by Gasteiger charge is 2.17. The van der Waals surface area contributed by atoms with Gasteiger partial charge in [0.25, 0.3) is 0 Å². The van der Waals surface area contributed by atoms with Gasteiger partial charge in [-0.1, -0.05) is 30.3 Å². The second-order valence-corrected chi connectivity index (χ2v) is 4.68. The van der Waals surface area contributed by atoms with E-state index in [2.05, 4.69) is 5.32 Å². The molecule has 0 saturated carbocycles. The Morgan fingerprint density at radius 1 is 1.14 bits per heavy atom. The Morgan fingerprint density at radius 3 is 2.38 bits per heavy atom. The fourth-order valence-corrected chi connectivity index (χ4v) is 2.06. The van der Waals surface area contributed by atoms with Gasteiger partial charge in [-0.3, -0.25) is 0 Å². The monoisotopic (exact) mass is 285 g/mol. The van der Waals surface area contributed by atoms with Gasteiger partial charge < -0.3 is 15.2 Å². The van der Waals surface area contributed by atoms with Gasteiger partial charge in [-0.15, -0.1) is 0 Å². The zero-order chi connectivity index (χ0) is 15.1. The quantitative estimate of drug-likeness (QED) is 0.820. The van der Waals surface area contributed by atoms with Crippen molar-refractivity contribution >= 4 is 11.7 Å². The summed E-state index contributed by atoms with van der Waals surface area (Å²) >= 11 is 0. The van der Waals surface area contributed by atoms with E-state index in [1.807, 2.05) is 61.5 Å². The predicted octanol–water partition coefficient (Wildman–Crippen LogP) is 3.19. The maximum Gasteiger partial charge on any atom is 0.326 e. The SMILES string of the molecule is CCOc1ccc(C[C@H](Nc2ccccc2)C(=O)O)cc1. The molecule has 4 nitrogen and oxygen atoms in total. The Kier molecular flexibility index (Phi) is 5.21. The first kappa shape index (κ1) is 14.9. The maximum absolute atomic E-state index is 11.4. The van der Waals surface area contributed by atoms with Gasteiger partial charge >= 0.3 is 5.97 Å². The summed E-state index contributed by atoms with van der Waals surface area (Å²) < 4.78 is 5.38. The molecule has 2 rings (SSSR count). The van der Waals surface area contributed by atoms with Crippen molar-refractivity contribution < 1.29 is 14.6 Å². The molecule has 2 N–H and O–H groups in total. The van der Waals surface area contributed by atoms with Gasteiger partial charge in [-0.2, -0.15) is 0 Å². The Morgan fingerprint density at radius 2 is 1.81 bits per heavy atom. The molecule has 2 aromatic rings. The van der Waals surface area contributed by atoms with E-state index in [0.29, 0.717) is 13.0 Å².